The molecule has 7 nitrogen and oxygen atoms in total. The summed E-state index contributed by atoms with van der Waals surface area (Å²) < 4.78 is 51.3. The summed E-state index contributed by atoms with van der Waals surface area (Å²) in [5, 5.41) is 0. The summed E-state index contributed by atoms with van der Waals surface area (Å²) in [6, 6.07) is 7.29. The third-order valence-electron chi connectivity index (χ3n) is 7.39. The second-order valence-corrected chi connectivity index (χ2v) is 17.6. The molecule has 3 rings (SSSR count). The molecule has 0 bridgehead atoms. The zero-order valence-electron chi connectivity index (χ0n) is 25.9. The largest absolute Gasteiger partial charge is 0.598 e. The summed E-state index contributed by atoms with van der Waals surface area (Å²) in [5.41, 5.74) is -0.766. The van der Waals surface area contributed by atoms with Gasteiger partial charge in [-0.25, -0.2) is 9.18 Å². The lowest BCUT2D eigenvalue weighted by molar-refractivity contribution is 0.00578. The van der Waals surface area contributed by atoms with E-state index in [0.29, 0.717) is 11.0 Å². The fourth-order valence-electron chi connectivity index (χ4n) is 4.28. The highest BCUT2D eigenvalue weighted by molar-refractivity contribution is 9.11. The molecule has 1 saturated heterocycles. The SMILES string of the molecule is C[C@@H](N[S+]([O-])C(C)(C)Cc1ccc(B2OC(C)(C)C(C)(C)O2)c(CN(C)C(=O)OC(C)(C)C)c1F)c1ccc(Br)s1. The Hall–Kier alpha value is -1.15. The molecule has 1 fully saturated rings. The molecule has 1 aliphatic heterocycles. The monoisotopic (exact) mass is 672 g/mol. The molecular formula is C29H43BBrFN2O5S2. The van der Waals surface area contributed by atoms with Gasteiger partial charge in [0.2, 0.25) is 0 Å². The molecule has 0 saturated carbocycles. The lowest BCUT2D eigenvalue weighted by Crippen LogP contribution is -2.45. The van der Waals surface area contributed by atoms with Gasteiger partial charge in [0.05, 0.1) is 27.6 Å². The van der Waals surface area contributed by atoms with E-state index in [2.05, 4.69) is 20.7 Å². The number of thiophene rings is 1. The van der Waals surface area contributed by atoms with Crippen LogP contribution in [0.1, 0.15) is 91.3 Å². The Bertz CT molecular complexity index is 1230. The Morgan fingerprint density at radius 1 is 1.17 bits per heavy atom. The average molecular weight is 674 g/mol. The predicted molar refractivity (Wildman–Crippen MR) is 169 cm³/mol. The maximum Gasteiger partial charge on any atom is 0.495 e. The fourth-order valence-corrected chi connectivity index (χ4v) is 6.83. The maximum atomic E-state index is 16.4. The molecule has 228 valence electrons. The van der Waals surface area contributed by atoms with Crippen LogP contribution in [0.5, 0.6) is 0 Å². The molecule has 1 aromatic carbocycles. The van der Waals surface area contributed by atoms with Gasteiger partial charge in [-0.1, -0.05) is 12.1 Å². The minimum atomic E-state index is -1.48. The molecule has 1 aromatic heterocycles. The number of carbonyl (C=O) groups excluding carboxylic acids is 1. The van der Waals surface area contributed by atoms with Crippen LogP contribution in [-0.4, -0.2) is 51.3 Å². The van der Waals surface area contributed by atoms with Crippen LogP contribution in [0.2, 0.25) is 0 Å². The molecule has 2 aromatic rings. The van der Waals surface area contributed by atoms with Gasteiger partial charge in [-0.15, -0.1) is 16.1 Å². The van der Waals surface area contributed by atoms with Gasteiger partial charge in [-0.2, -0.15) is 0 Å². The second kappa shape index (κ2) is 12.5. The van der Waals surface area contributed by atoms with Gasteiger partial charge in [-0.05, 0) is 108 Å². The molecule has 0 spiro atoms. The van der Waals surface area contributed by atoms with Gasteiger partial charge in [0, 0.05) is 35.3 Å². The highest BCUT2D eigenvalue weighted by atomic mass is 79.9. The molecule has 12 heteroatoms. The van der Waals surface area contributed by atoms with E-state index in [1.165, 1.54) is 4.90 Å². The molecule has 41 heavy (non-hydrogen) atoms. The van der Waals surface area contributed by atoms with Crippen molar-refractivity contribution in [3.05, 3.63) is 49.9 Å². The summed E-state index contributed by atoms with van der Waals surface area (Å²) in [6.45, 7) is 18.7. The van der Waals surface area contributed by atoms with Gasteiger partial charge < -0.3 is 23.5 Å². The first-order chi connectivity index (χ1) is 18.6. The van der Waals surface area contributed by atoms with E-state index in [-0.39, 0.29) is 24.6 Å². The number of carbonyl (C=O) groups is 1. The highest BCUT2D eigenvalue weighted by Crippen LogP contribution is 2.37. The lowest BCUT2D eigenvalue weighted by Gasteiger charge is -2.32. The summed E-state index contributed by atoms with van der Waals surface area (Å²) in [6.07, 6.45) is -0.367. The minimum absolute atomic E-state index is 0.0555. The van der Waals surface area contributed by atoms with E-state index >= 15 is 4.39 Å². The Labute approximate surface area is 260 Å². The van der Waals surface area contributed by atoms with Crippen molar-refractivity contribution in [2.75, 3.05) is 7.05 Å². The third kappa shape index (κ3) is 8.28. The van der Waals surface area contributed by atoms with E-state index in [9.17, 15) is 9.35 Å². The Kier molecular flexibility index (Phi) is 10.4. The maximum absolute atomic E-state index is 16.4. The van der Waals surface area contributed by atoms with Crippen molar-refractivity contribution in [3.8, 4) is 0 Å². The van der Waals surface area contributed by atoms with Crippen LogP contribution in [-0.2, 0) is 38.4 Å². The molecular weight excluding hydrogens is 630 g/mol. The summed E-state index contributed by atoms with van der Waals surface area (Å²) in [5.74, 6) is -0.479. The number of amides is 1. The van der Waals surface area contributed by atoms with E-state index in [1.807, 2.05) is 60.6 Å². The van der Waals surface area contributed by atoms with Crippen LogP contribution in [0.15, 0.2) is 28.1 Å². The zero-order chi connectivity index (χ0) is 31.1. The van der Waals surface area contributed by atoms with Crippen LogP contribution >= 0.6 is 27.3 Å². The third-order valence-corrected chi connectivity index (χ3v) is 10.9. The summed E-state index contributed by atoms with van der Waals surface area (Å²) >= 11 is 3.56. The van der Waals surface area contributed by atoms with Crippen molar-refractivity contribution in [1.29, 1.82) is 0 Å². The number of benzene rings is 1. The van der Waals surface area contributed by atoms with E-state index in [0.717, 1.165) is 8.66 Å². The number of halogens is 2. The molecule has 1 N–H and O–H groups in total. The first kappa shape index (κ1) is 34.3. The van der Waals surface area contributed by atoms with Crippen LogP contribution in [0.4, 0.5) is 9.18 Å². The normalized spacial score (nSPS) is 18.3. The standard InChI is InChI=1S/C29H43BBrFN2O5S2/c1-18(22-14-15-23(31)40-22)33-41(36)27(5,6)16-19-12-13-21(30-38-28(7,8)29(9,10)39-30)20(24(19)32)17-34(11)25(35)37-26(2,3)4/h12-15,18,33H,16-17H2,1-11H3/t18-,41?/m1/s1. The minimum Gasteiger partial charge on any atom is -0.598 e. The zero-order valence-corrected chi connectivity index (χ0v) is 29.2. The Morgan fingerprint density at radius 2 is 1.76 bits per heavy atom. The topological polar surface area (TPSA) is 83.1 Å². The Balaban J connectivity index is 1.92. The van der Waals surface area contributed by atoms with Crippen molar-refractivity contribution in [1.82, 2.24) is 9.62 Å². The molecule has 2 atom stereocenters. The second-order valence-electron chi connectivity index (χ2n) is 13.2. The van der Waals surface area contributed by atoms with Crippen LogP contribution in [0.3, 0.4) is 0 Å². The predicted octanol–water partition coefficient (Wildman–Crippen LogP) is 6.65. The first-order valence-corrected chi connectivity index (χ1v) is 16.4. The summed E-state index contributed by atoms with van der Waals surface area (Å²) in [7, 11) is 0.752. The number of nitrogens with one attached hydrogen (secondary N) is 1. The van der Waals surface area contributed by atoms with E-state index in [1.54, 1.807) is 51.3 Å². The van der Waals surface area contributed by atoms with Crippen molar-refractivity contribution in [2.45, 2.75) is 110 Å². The quantitative estimate of drug-likeness (QED) is 0.237. The molecule has 2 heterocycles. The smallest absolute Gasteiger partial charge is 0.495 e. The van der Waals surface area contributed by atoms with E-state index in [4.69, 9.17) is 14.0 Å². The van der Waals surface area contributed by atoms with E-state index < -0.39 is 51.9 Å². The average Bonchev–Trinajstić information content (AvgIpc) is 3.34. The fraction of sp³-hybridized carbons (Fsp3) is 0.621. The summed E-state index contributed by atoms with van der Waals surface area (Å²) in [4.78, 5) is 15.2. The van der Waals surface area contributed by atoms with Crippen LogP contribution in [0.25, 0.3) is 0 Å². The number of ether oxygens (including phenoxy) is 1. The lowest BCUT2D eigenvalue weighted by atomic mass is 9.74. The van der Waals surface area contributed by atoms with Gasteiger partial charge in [0.25, 0.3) is 0 Å². The van der Waals surface area contributed by atoms with Crippen LogP contribution < -0.4 is 10.2 Å². The van der Waals surface area contributed by atoms with Crippen molar-refractivity contribution in [2.24, 2.45) is 0 Å². The Morgan fingerprint density at radius 3 is 2.27 bits per heavy atom. The number of hydrogen-bond donors (Lipinski definition) is 1. The number of hydrogen-bond acceptors (Lipinski definition) is 7. The van der Waals surface area contributed by atoms with Crippen molar-refractivity contribution >= 4 is 57.3 Å². The van der Waals surface area contributed by atoms with Crippen LogP contribution in [0, 0.1) is 5.82 Å². The molecule has 1 amide bonds. The van der Waals surface area contributed by atoms with Gasteiger partial charge in [-0.3, -0.25) is 0 Å². The van der Waals surface area contributed by atoms with Gasteiger partial charge in [0.1, 0.15) is 16.2 Å². The highest BCUT2D eigenvalue weighted by Gasteiger charge is 2.52. The van der Waals surface area contributed by atoms with Crippen molar-refractivity contribution < 1.29 is 27.8 Å². The van der Waals surface area contributed by atoms with Gasteiger partial charge in [0.15, 0.2) is 0 Å². The van der Waals surface area contributed by atoms with Crippen molar-refractivity contribution in [3.63, 3.8) is 0 Å². The molecule has 0 aliphatic carbocycles. The first-order valence-electron chi connectivity index (χ1n) is 13.7. The number of rotatable bonds is 9. The number of nitrogens with zero attached hydrogens (tertiary/aromatic N) is 1. The molecule has 1 unspecified atom stereocenters. The van der Waals surface area contributed by atoms with Gasteiger partial charge >= 0.3 is 13.2 Å². The molecule has 1 aliphatic rings. The molecule has 0 radical (unpaired) electrons.